The molecule has 7 nitrogen and oxygen atoms in total. The van der Waals surface area contributed by atoms with Gasteiger partial charge in [0.1, 0.15) is 6.29 Å². The van der Waals surface area contributed by atoms with Crippen molar-refractivity contribution in [1.29, 1.82) is 0 Å². The van der Waals surface area contributed by atoms with Crippen LogP contribution in [0, 0.1) is 20.2 Å². The summed E-state index contributed by atoms with van der Waals surface area (Å²) in [5, 5.41) is 21.8. The molecule has 0 radical (unpaired) electrons. The Morgan fingerprint density at radius 2 is 1.28 bits per heavy atom. The highest BCUT2D eigenvalue weighted by Gasteiger charge is 2.09. The molecule has 0 bridgehead atoms. The second kappa shape index (κ2) is 15.2. The first-order valence-electron chi connectivity index (χ1n) is 8.78. The van der Waals surface area contributed by atoms with Gasteiger partial charge in [-0.15, -0.1) is 0 Å². The number of allylic oxidation sites excluding steroid dienone is 4. The van der Waals surface area contributed by atoms with E-state index in [9.17, 15) is 25.0 Å². The average Bonchev–Trinajstić information content (AvgIpc) is 2.57. The van der Waals surface area contributed by atoms with E-state index in [1.807, 2.05) is 6.92 Å². The van der Waals surface area contributed by atoms with Gasteiger partial charge < -0.3 is 4.79 Å². The minimum atomic E-state index is -0.423. The van der Waals surface area contributed by atoms with Gasteiger partial charge in [0.15, 0.2) is 0 Å². The number of rotatable bonds is 15. The third-order valence-corrected chi connectivity index (χ3v) is 3.64. The molecule has 7 heteroatoms. The molecule has 0 saturated heterocycles. The van der Waals surface area contributed by atoms with Gasteiger partial charge in [-0.3, -0.25) is 20.2 Å². The molecule has 0 heterocycles. The molecule has 0 aromatic rings. The van der Waals surface area contributed by atoms with E-state index in [4.69, 9.17) is 0 Å². The lowest BCUT2D eigenvalue weighted by atomic mass is 10.1. The Morgan fingerprint density at radius 3 is 1.76 bits per heavy atom. The number of carbonyl (C=O) groups excluding carboxylic acids is 1. The second-order valence-corrected chi connectivity index (χ2v) is 5.70. The SMILES string of the molecule is CC/C=C(/C/C=C/C/C(=C/CCCCCCCC=O)[N+](=O)[O-])[N+](=O)[O-]. The van der Waals surface area contributed by atoms with Crippen LogP contribution in [0.25, 0.3) is 0 Å². The van der Waals surface area contributed by atoms with Crippen LogP contribution in [0.3, 0.4) is 0 Å². The Balaban J connectivity index is 4.22. The first-order chi connectivity index (χ1) is 12.0. The van der Waals surface area contributed by atoms with Crippen molar-refractivity contribution in [3.05, 3.63) is 55.9 Å². The standard InChI is InChI=1S/C18H28N2O5/c1-2-12-17(19(22)23)14-9-10-15-18(20(24)25)13-8-6-4-3-5-7-11-16-21/h9-10,12-13,16H,2-8,11,14-15H2,1H3/b10-9+,17-12-,18-13-. The number of nitro groups is 2. The van der Waals surface area contributed by atoms with Gasteiger partial charge in [-0.25, -0.2) is 0 Å². The summed E-state index contributed by atoms with van der Waals surface area (Å²) >= 11 is 0. The van der Waals surface area contributed by atoms with Crippen LogP contribution in [0.5, 0.6) is 0 Å². The Labute approximate surface area is 148 Å². The second-order valence-electron chi connectivity index (χ2n) is 5.70. The maximum Gasteiger partial charge on any atom is 0.246 e. The van der Waals surface area contributed by atoms with Crippen molar-refractivity contribution in [2.24, 2.45) is 0 Å². The van der Waals surface area contributed by atoms with Gasteiger partial charge >= 0.3 is 0 Å². The number of aldehydes is 1. The smallest absolute Gasteiger partial charge is 0.246 e. The number of carbonyl (C=O) groups is 1. The van der Waals surface area contributed by atoms with E-state index in [0.717, 1.165) is 38.4 Å². The largest absolute Gasteiger partial charge is 0.303 e. The normalized spacial score (nSPS) is 12.5. The fraction of sp³-hybridized carbons (Fsp3) is 0.611. The first kappa shape index (κ1) is 22.7. The Hall–Kier alpha value is -2.31. The molecule has 0 amide bonds. The third kappa shape index (κ3) is 12.7. The van der Waals surface area contributed by atoms with E-state index in [1.54, 1.807) is 24.3 Å². The van der Waals surface area contributed by atoms with Gasteiger partial charge in [-0.05, 0) is 37.8 Å². The molecule has 0 unspecified atom stereocenters. The molecule has 0 atom stereocenters. The molecule has 140 valence electrons. The van der Waals surface area contributed by atoms with Crippen LogP contribution in [0.4, 0.5) is 0 Å². The zero-order valence-electron chi connectivity index (χ0n) is 14.9. The summed E-state index contributed by atoms with van der Waals surface area (Å²) in [6.45, 7) is 1.82. The molecule has 0 fully saturated rings. The minimum Gasteiger partial charge on any atom is -0.303 e. The fourth-order valence-corrected chi connectivity index (χ4v) is 2.28. The van der Waals surface area contributed by atoms with Gasteiger partial charge in [0.25, 0.3) is 0 Å². The molecule has 0 aromatic heterocycles. The zero-order chi connectivity index (χ0) is 18.9. The number of hydrogen-bond donors (Lipinski definition) is 0. The molecule has 0 aliphatic carbocycles. The van der Waals surface area contributed by atoms with E-state index in [2.05, 4.69) is 0 Å². The molecule has 0 aliphatic heterocycles. The summed E-state index contributed by atoms with van der Waals surface area (Å²) in [7, 11) is 0. The molecule has 0 aliphatic rings. The van der Waals surface area contributed by atoms with Crippen molar-refractivity contribution in [3.8, 4) is 0 Å². The van der Waals surface area contributed by atoms with Crippen LogP contribution in [-0.2, 0) is 4.79 Å². The molecule has 0 N–H and O–H groups in total. The van der Waals surface area contributed by atoms with Crippen LogP contribution >= 0.6 is 0 Å². The molecule has 0 saturated carbocycles. The number of hydrogen-bond acceptors (Lipinski definition) is 5. The highest BCUT2D eigenvalue weighted by Crippen LogP contribution is 2.12. The van der Waals surface area contributed by atoms with Crippen LogP contribution in [0.2, 0.25) is 0 Å². The van der Waals surface area contributed by atoms with Crippen molar-refractivity contribution in [1.82, 2.24) is 0 Å². The Morgan fingerprint density at radius 1 is 0.800 bits per heavy atom. The summed E-state index contributed by atoms with van der Waals surface area (Å²) < 4.78 is 0. The lowest BCUT2D eigenvalue weighted by Gasteiger charge is -1.98. The minimum absolute atomic E-state index is 0.111. The molecule has 0 rings (SSSR count). The van der Waals surface area contributed by atoms with E-state index in [1.165, 1.54) is 0 Å². The Kier molecular flexibility index (Phi) is 13.8. The van der Waals surface area contributed by atoms with Crippen LogP contribution in [0.15, 0.2) is 35.7 Å². The highest BCUT2D eigenvalue weighted by molar-refractivity contribution is 5.48. The van der Waals surface area contributed by atoms with Crippen molar-refractivity contribution < 1.29 is 14.6 Å². The summed E-state index contributed by atoms with van der Waals surface area (Å²) in [5.74, 6) is 0. The Bertz CT molecular complexity index is 510. The summed E-state index contributed by atoms with van der Waals surface area (Å²) in [5.41, 5.74) is 0.235. The summed E-state index contributed by atoms with van der Waals surface area (Å²) in [4.78, 5) is 31.2. The topological polar surface area (TPSA) is 103 Å². The van der Waals surface area contributed by atoms with E-state index in [0.29, 0.717) is 19.3 Å². The third-order valence-electron chi connectivity index (χ3n) is 3.64. The predicted molar refractivity (Wildman–Crippen MR) is 97.2 cm³/mol. The summed E-state index contributed by atoms with van der Waals surface area (Å²) in [6.07, 6.45) is 14.3. The van der Waals surface area contributed by atoms with Crippen LogP contribution in [0.1, 0.15) is 71.1 Å². The van der Waals surface area contributed by atoms with E-state index < -0.39 is 9.85 Å². The van der Waals surface area contributed by atoms with Gasteiger partial charge in [0.2, 0.25) is 11.4 Å². The quantitative estimate of drug-likeness (QED) is 0.136. The maximum absolute atomic E-state index is 11.0. The molecule has 25 heavy (non-hydrogen) atoms. The molecular formula is C18H28N2O5. The maximum atomic E-state index is 11.0. The predicted octanol–water partition coefficient (Wildman–Crippen LogP) is 4.98. The fourth-order valence-electron chi connectivity index (χ4n) is 2.28. The lowest BCUT2D eigenvalue weighted by molar-refractivity contribution is -0.427. The van der Waals surface area contributed by atoms with Gasteiger partial charge in [0.05, 0.1) is 22.7 Å². The van der Waals surface area contributed by atoms with Crippen molar-refractivity contribution in [2.75, 3.05) is 0 Å². The van der Waals surface area contributed by atoms with Crippen LogP contribution < -0.4 is 0 Å². The highest BCUT2D eigenvalue weighted by atomic mass is 16.6. The van der Waals surface area contributed by atoms with Crippen molar-refractivity contribution in [2.45, 2.75) is 71.1 Å². The first-order valence-corrected chi connectivity index (χ1v) is 8.78. The van der Waals surface area contributed by atoms with Gasteiger partial charge in [-0.2, -0.15) is 0 Å². The zero-order valence-corrected chi connectivity index (χ0v) is 14.9. The molecular weight excluding hydrogens is 324 g/mol. The lowest BCUT2D eigenvalue weighted by Crippen LogP contribution is -1.98. The van der Waals surface area contributed by atoms with Crippen molar-refractivity contribution in [3.63, 3.8) is 0 Å². The number of unbranched alkanes of at least 4 members (excludes halogenated alkanes) is 6. The van der Waals surface area contributed by atoms with E-state index in [-0.39, 0.29) is 24.2 Å². The van der Waals surface area contributed by atoms with E-state index >= 15 is 0 Å². The van der Waals surface area contributed by atoms with Gasteiger partial charge in [0, 0.05) is 6.42 Å². The van der Waals surface area contributed by atoms with Gasteiger partial charge in [-0.1, -0.05) is 38.3 Å². The summed E-state index contributed by atoms with van der Waals surface area (Å²) in [6, 6.07) is 0. The van der Waals surface area contributed by atoms with Crippen molar-refractivity contribution >= 4 is 6.29 Å². The van der Waals surface area contributed by atoms with Crippen LogP contribution in [-0.4, -0.2) is 16.1 Å². The molecule has 0 aromatic carbocycles. The average molecular weight is 352 g/mol. The molecule has 0 spiro atoms. The monoisotopic (exact) mass is 352 g/mol. The number of nitrogens with zero attached hydrogens (tertiary/aromatic N) is 2.